The predicted octanol–water partition coefficient (Wildman–Crippen LogP) is 3.92. The van der Waals surface area contributed by atoms with Crippen LogP contribution in [0.1, 0.15) is 29.6 Å². The summed E-state index contributed by atoms with van der Waals surface area (Å²) in [6, 6.07) is 13.6. The number of hydrogen-bond acceptors (Lipinski definition) is 3. The van der Waals surface area contributed by atoms with Crippen molar-refractivity contribution in [2.24, 2.45) is 0 Å². The van der Waals surface area contributed by atoms with Gasteiger partial charge in [0.2, 0.25) is 0 Å². The van der Waals surface area contributed by atoms with E-state index >= 15 is 0 Å². The summed E-state index contributed by atoms with van der Waals surface area (Å²) >= 11 is 0. The molecule has 1 aliphatic rings. The Labute approximate surface area is 141 Å². The number of piperidine rings is 1. The fraction of sp³-hybridized carbons (Fsp3) is 0.250. The number of carbonyl (C=O) groups is 1. The van der Waals surface area contributed by atoms with E-state index in [0.29, 0.717) is 5.56 Å². The first-order valence-corrected chi connectivity index (χ1v) is 8.43. The van der Waals surface area contributed by atoms with Crippen LogP contribution in [0.5, 0.6) is 0 Å². The Morgan fingerprint density at radius 2 is 1.67 bits per heavy atom. The monoisotopic (exact) mass is 317 g/mol. The Morgan fingerprint density at radius 1 is 0.875 bits per heavy atom. The lowest BCUT2D eigenvalue weighted by molar-refractivity contribution is 0.0725. The molecule has 0 aliphatic carbocycles. The van der Waals surface area contributed by atoms with E-state index in [1.807, 2.05) is 47.4 Å². The van der Waals surface area contributed by atoms with Crippen molar-refractivity contribution >= 4 is 16.8 Å². The predicted molar refractivity (Wildman–Crippen MR) is 94.7 cm³/mol. The zero-order chi connectivity index (χ0) is 16.4. The van der Waals surface area contributed by atoms with Gasteiger partial charge in [0.15, 0.2) is 0 Å². The Morgan fingerprint density at radius 3 is 2.54 bits per heavy atom. The summed E-state index contributed by atoms with van der Waals surface area (Å²) in [5.74, 6) is 0.0821. The van der Waals surface area contributed by atoms with Gasteiger partial charge in [-0.25, -0.2) is 0 Å². The molecule has 0 atom stereocenters. The van der Waals surface area contributed by atoms with Gasteiger partial charge in [-0.05, 0) is 43.5 Å². The summed E-state index contributed by atoms with van der Waals surface area (Å²) in [4.78, 5) is 23.9. The molecule has 4 rings (SSSR count). The minimum absolute atomic E-state index is 0.0821. The van der Waals surface area contributed by atoms with E-state index in [9.17, 15) is 4.79 Å². The number of benzene rings is 1. The highest BCUT2D eigenvalue weighted by Gasteiger charge is 2.22. The molecule has 3 aromatic rings. The van der Waals surface area contributed by atoms with Crippen LogP contribution in [-0.4, -0.2) is 33.9 Å². The van der Waals surface area contributed by atoms with Gasteiger partial charge >= 0.3 is 0 Å². The van der Waals surface area contributed by atoms with Crippen molar-refractivity contribution in [1.29, 1.82) is 0 Å². The number of carbonyl (C=O) groups excluding carboxylic acids is 1. The van der Waals surface area contributed by atoms with Crippen molar-refractivity contribution < 1.29 is 4.79 Å². The first kappa shape index (κ1) is 14.8. The van der Waals surface area contributed by atoms with Crippen LogP contribution in [-0.2, 0) is 0 Å². The van der Waals surface area contributed by atoms with E-state index in [-0.39, 0.29) is 5.91 Å². The van der Waals surface area contributed by atoms with Gasteiger partial charge in [0.1, 0.15) is 0 Å². The molecule has 3 heterocycles. The fourth-order valence-electron chi connectivity index (χ4n) is 3.37. The molecule has 1 amide bonds. The highest BCUT2D eigenvalue weighted by atomic mass is 16.2. The van der Waals surface area contributed by atoms with Gasteiger partial charge in [-0.15, -0.1) is 0 Å². The van der Waals surface area contributed by atoms with Gasteiger partial charge < -0.3 is 4.90 Å². The average Bonchev–Trinajstić information content (AvgIpc) is 2.68. The molecule has 0 N–H and O–H groups in total. The SMILES string of the molecule is O=C(c1cccnc1-c1cccc2ncccc12)N1CCCCC1. The lowest BCUT2D eigenvalue weighted by Crippen LogP contribution is -2.35. The highest BCUT2D eigenvalue weighted by Crippen LogP contribution is 2.29. The second kappa shape index (κ2) is 6.40. The molecule has 0 radical (unpaired) electrons. The Hall–Kier alpha value is -2.75. The van der Waals surface area contributed by atoms with Gasteiger partial charge in [-0.3, -0.25) is 14.8 Å². The van der Waals surface area contributed by atoms with Gasteiger partial charge in [-0.2, -0.15) is 0 Å². The average molecular weight is 317 g/mol. The second-order valence-electron chi connectivity index (χ2n) is 6.13. The minimum Gasteiger partial charge on any atom is -0.339 e. The van der Waals surface area contributed by atoms with Crippen molar-refractivity contribution in [2.45, 2.75) is 19.3 Å². The van der Waals surface area contributed by atoms with E-state index in [1.54, 1.807) is 12.4 Å². The lowest BCUT2D eigenvalue weighted by Gasteiger charge is -2.27. The maximum atomic E-state index is 13.0. The number of pyridine rings is 2. The molecule has 120 valence electrons. The molecule has 0 unspecified atom stereocenters. The fourth-order valence-corrected chi connectivity index (χ4v) is 3.37. The molecule has 0 saturated carbocycles. The Kier molecular flexibility index (Phi) is 3.95. The van der Waals surface area contributed by atoms with E-state index in [1.165, 1.54) is 6.42 Å². The molecule has 1 aromatic carbocycles. The quantitative estimate of drug-likeness (QED) is 0.719. The van der Waals surface area contributed by atoms with Crippen LogP contribution in [0.25, 0.3) is 22.2 Å². The number of fused-ring (bicyclic) bond motifs is 1. The first-order valence-electron chi connectivity index (χ1n) is 8.43. The number of hydrogen-bond donors (Lipinski definition) is 0. The molecule has 1 fully saturated rings. The van der Waals surface area contributed by atoms with E-state index in [4.69, 9.17) is 0 Å². The van der Waals surface area contributed by atoms with Crippen LogP contribution in [0.15, 0.2) is 54.9 Å². The van der Waals surface area contributed by atoms with E-state index in [2.05, 4.69) is 9.97 Å². The molecule has 2 aromatic heterocycles. The lowest BCUT2D eigenvalue weighted by atomic mass is 10.00. The normalized spacial score (nSPS) is 14.8. The maximum absolute atomic E-state index is 13.0. The third-order valence-electron chi connectivity index (χ3n) is 4.58. The first-order chi connectivity index (χ1) is 11.8. The van der Waals surface area contributed by atoms with Gasteiger partial charge in [0, 0.05) is 36.4 Å². The molecule has 0 spiro atoms. The summed E-state index contributed by atoms with van der Waals surface area (Å²) in [5, 5.41) is 1.02. The van der Waals surface area contributed by atoms with Gasteiger partial charge in [0.05, 0.1) is 16.8 Å². The molecule has 1 aliphatic heterocycles. The van der Waals surface area contributed by atoms with Gasteiger partial charge in [0.25, 0.3) is 5.91 Å². The number of rotatable bonds is 2. The number of amides is 1. The second-order valence-corrected chi connectivity index (χ2v) is 6.13. The van der Waals surface area contributed by atoms with E-state index in [0.717, 1.165) is 48.1 Å². The smallest absolute Gasteiger partial charge is 0.256 e. The van der Waals surface area contributed by atoms with Crippen LogP contribution in [0, 0.1) is 0 Å². The summed E-state index contributed by atoms with van der Waals surface area (Å²) in [7, 11) is 0. The third-order valence-corrected chi connectivity index (χ3v) is 4.58. The molecule has 0 bridgehead atoms. The zero-order valence-electron chi connectivity index (χ0n) is 13.5. The molecule has 4 nitrogen and oxygen atoms in total. The topological polar surface area (TPSA) is 46.1 Å². The summed E-state index contributed by atoms with van der Waals surface area (Å²) in [6.07, 6.45) is 6.90. The van der Waals surface area contributed by atoms with Crippen molar-refractivity contribution in [1.82, 2.24) is 14.9 Å². The van der Waals surface area contributed by atoms with Crippen molar-refractivity contribution in [3.63, 3.8) is 0 Å². The van der Waals surface area contributed by atoms with Crippen LogP contribution in [0.3, 0.4) is 0 Å². The molecular weight excluding hydrogens is 298 g/mol. The molecular formula is C20H19N3O. The number of nitrogens with zero attached hydrogens (tertiary/aromatic N) is 3. The largest absolute Gasteiger partial charge is 0.339 e. The standard InChI is InChI=1S/C20H19N3O/c24-20(23-13-2-1-3-14-23)17-9-6-12-22-19(17)16-7-4-10-18-15(16)8-5-11-21-18/h4-12H,1-3,13-14H2. The van der Waals surface area contributed by atoms with Crippen molar-refractivity contribution in [3.8, 4) is 11.3 Å². The van der Waals surface area contributed by atoms with Gasteiger partial charge in [-0.1, -0.05) is 18.2 Å². The van der Waals surface area contributed by atoms with Crippen LogP contribution in [0.4, 0.5) is 0 Å². The number of likely N-dealkylation sites (tertiary alicyclic amines) is 1. The Balaban J connectivity index is 1.83. The maximum Gasteiger partial charge on any atom is 0.256 e. The number of aromatic nitrogens is 2. The molecule has 4 heteroatoms. The van der Waals surface area contributed by atoms with Crippen LogP contribution in [0.2, 0.25) is 0 Å². The molecule has 24 heavy (non-hydrogen) atoms. The van der Waals surface area contributed by atoms with E-state index < -0.39 is 0 Å². The minimum atomic E-state index is 0.0821. The third kappa shape index (κ3) is 2.64. The summed E-state index contributed by atoms with van der Waals surface area (Å²) < 4.78 is 0. The highest BCUT2D eigenvalue weighted by molar-refractivity contribution is 6.04. The van der Waals surface area contributed by atoms with Crippen molar-refractivity contribution in [3.05, 3.63) is 60.4 Å². The molecule has 1 saturated heterocycles. The van der Waals surface area contributed by atoms with Crippen molar-refractivity contribution in [2.75, 3.05) is 13.1 Å². The summed E-state index contributed by atoms with van der Waals surface area (Å²) in [5.41, 5.74) is 3.29. The Bertz CT molecular complexity index is 879. The zero-order valence-corrected chi connectivity index (χ0v) is 13.5. The van der Waals surface area contributed by atoms with Crippen LogP contribution < -0.4 is 0 Å². The summed E-state index contributed by atoms with van der Waals surface area (Å²) in [6.45, 7) is 1.68. The van der Waals surface area contributed by atoms with Crippen LogP contribution >= 0.6 is 0 Å².